The summed E-state index contributed by atoms with van der Waals surface area (Å²) in [5.41, 5.74) is -0.347. The van der Waals surface area contributed by atoms with Gasteiger partial charge in [-0.2, -0.15) is 0 Å². The molecular weight excluding hydrogens is 376 g/mol. The smallest absolute Gasteiger partial charge is 0.325 e. The third-order valence-corrected chi connectivity index (χ3v) is 5.22. The van der Waals surface area contributed by atoms with E-state index in [2.05, 4.69) is 5.32 Å². The number of hydrogen-bond donors (Lipinski definition) is 1. The van der Waals surface area contributed by atoms with Crippen molar-refractivity contribution in [2.45, 2.75) is 12.5 Å². The van der Waals surface area contributed by atoms with Gasteiger partial charge in [-0.25, -0.2) is 4.79 Å². The molecule has 0 radical (unpaired) electrons. The number of amides is 3. The average Bonchev–Trinajstić information content (AvgIpc) is 2.91. The Balaban J connectivity index is 1.50. The molecule has 0 aromatic heterocycles. The number of carbonyl (C=O) groups excluding carboxylic acids is 2. The summed E-state index contributed by atoms with van der Waals surface area (Å²) in [5.74, 6) is 0.305. The summed E-state index contributed by atoms with van der Waals surface area (Å²) >= 11 is 5.94. The van der Waals surface area contributed by atoms with Crippen molar-refractivity contribution in [1.82, 2.24) is 10.2 Å². The Hall–Kier alpha value is -3.05. The minimum Gasteiger partial charge on any atom is -0.492 e. The fraction of sp³-hybridized carbons (Fsp3) is 0.182. The standard InChI is InChI=1S/C22H19ClN2O3/c1-22(17-10-9-15-5-2-3-6-16(15)13-17)20(26)25(21(27)24-22)11-12-28-19-8-4-7-18(23)14-19/h2-10,13-14H,11-12H2,1H3,(H,24,27)/t22-/m0/s1. The molecule has 1 N–H and O–H groups in total. The Kier molecular flexibility index (Phi) is 4.69. The Bertz CT molecular complexity index is 1070. The summed E-state index contributed by atoms with van der Waals surface area (Å²) < 4.78 is 5.62. The van der Waals surface area contributed by atoms with Crippen molar-refractivity contribution in [3.05, 3.63) is 77.3 Å². The van der Waals surface area contributed by atoms with E-state index in [1.165, 1.54) is 4.90 Å². The van der Waals surface area contributed by atoms with Gasteiger partial charge < -0.3 is 10.1 Å². The number of fused-ring (bicyclic) bond motifs is 1. The van der Waals surface area contributed by atoms with Crippen molar-refractivity contribution in [2.75, 3.05) is 13.2 Å². The van der Waals surface area contributed by atoms with Crippen LogP contribution in [0.1, 0.15) is 12.5 Å². The molecule has 0 bridgehead atoms. The van der Waals surface area contributed by atoms with Crippen LogP contribution in [0.2, 0.25) is 5.02 Å². The molecule has 3 aromatic rings. The van der Waals surface area contributed by atoms with E-state index in [9.17, 15) is 9.59 Å². The van der Waals surface area contributed by atoms with Crippen molar-refractivity contribution in [3.63, 3.8) is 0 Å². The molecule has 1 aliphatic rings. The van der Waals surface area contributed by atoms with E-state index < -0.39 is 11.6 Å². The van der Waals surface area contributed by atoms with Crippen LogP contribution in [-0.2, 0) is 10.3 Å². The second-order valence-corrected chi connectivity index (χ2v) is 7.32. The molecule has 0 saturated carbocycles. The number of benzene rings is 3. The minimum atomic E-state index is -1.10. The van der Waals surface area contributed by atoms with E-state index in [-0.39, 0.29) is 19.1 Å². The van der Waals surface area contributed by atoms with Crippen LogP contribution in [0.25, 0.3) is 10.8 Å². The highest BCUT2D eigenvalue weighted by Crippen LogP contribution is 2.31. The molecular formula is C22H19ClN2O3. The van der Waals surface area contributed by atoms with Crippen LogP contribution >= 0.6 is 11.6 Å². The number of hydrogen-bond acceptors (Lipinski definition) is 3. The molecule has 1 heterocycles. The largest absolute Gasteiger partial charge is 0.492 e. The van der Waals surface area contributed by atoms with Crippen LogP contribution in [0, 0.1) is 0 Å². The topological polar surface area (TPSA) is 58.6 Å². The predicted molar refractivity (Wildman–Crippen MR) is 108 cm³/mol. The monoisotopic (exact) mass is 394 g/mol. The lowest BCUT2D eigenvalue weighted by Gasteiger charge is -2.22. The highest BCUT2D eigenvalue weighted by Gasteiger charge is 2.48. The fourth-order valence-corrected chi connectivity index (χ4v) is 3.59. The first kappa shape index (κ1) is 18.3. The number of nitrogens with one attached hydrogen (secondary N) is 1. The van der Waals surface area contributed by atoms with Crippen LogP contribution in [0.5, 0.6) is 5.75 Å². The molecule has 4 rings (SSSR count). The molecule has 1 aliphatic heterocycles. The summed E-state index contributed by atoms with van der Waals surface area (Å²) in [5, 5.41) is 5.50. The first-order chi connectivity index (χ1) is 13.5. The van der Waals surface area contributed by atoms with Gasteiger partial charge in [0, 0.05) is 5.02 Å². The molecule has 0 unspecified atom stereocenters. The summed E-state index contributed by atoms with van der Waals surface area (Å²) in [6.07, 6.45) is 0. The van der Waals surface area contributed by atoms with Crippen LogP contribution in [0.15, 0.2) is 66.7 Å². The fourth-order valence-electron chi connectivity index (χ4n) is 3.41. The zero-order valence-electron chi connectivity index (χ0n) is 15.3. The number of rotatable bonds is 5. The minimum absolute atomic E-state index is 0.153. The van der Waals surface area contributed by atoms with Gasteiger partial charge in [-0.3, -0.25) is 9.69 Å². The number of carbonyl (C=O) groups is 2. The molecule has 0 spiro atoms. The number of nitrogens with zero attached hydrogens (tertiary/aromatic N) is 1. The van der Waals surface area contributed by atoms with Gasteiger partial charge in [-0.1, -0.05) is 54.1 Å². The van der Waals surface area contributed by atoms with Gasteiger partial charge in [0.15, 0.2) is 0 Å². The van der Waals surface area contributed by atoms with Gasteiger partial charge in [-0.05, 0) is 47.5 Å². The van der Waals surface area contributed by atoms with Gasteiger partial charge >= 0.3 is 6.03 Å². The van der Waals surface area contributed by atoms with Crippen LogP contribution in [-0.4, -0.2) is 30.0 Å². The molecule has 5 nitrogen and oxygen atoms in total. The lowest BCUT2D eigenvalue weighted by Crippen LogP contribution is -2.41. The Labute approximate surface area is 167 Å². The zero-order chi connectivity index (χ0) is 19.7. The molecule has 1 atom stereocenters. The molecule has 3 amide bonds. The summed E-state index contributed by atoms with van der Waals surface area (Å²) in [6.45, 7) is 2.07. The van der Waals surface area contributed by atoms with Crippen molar-refractivity contribution < 1.29 is 14.3 Å². The first-order valence-corrected chi connectivity index (χ1v) is 9.37. The summed E-state index contributed by atoms with van der Waals surface area (Å²) in [6, 6.07) is 20.3. The lowest BCUT2D eigenvalue weighted by molar-refractivity contribution is -0.131. The molecule has 0 aliphatic carbocycles. The van der Waals surface area contributed by atoms with Crippen LogP contribution in [0.4, 0.5) is 4.79 Å². The Morgan fingerprint density at radius 1 is 1.00 bits per heavy atom. The quantitative estimate of drug-likeness (QED) is 0.655. The summed E-state index contributed by atoms with van der Waals surface area (Å²) in [4.78, 5) is 26.7. The molecule has 3 aromatic carbocycles. The Morgan fingerprint density at radius 2 is 1.79 bits per heavy atom. The van der Waals surface area contributed by atoms with E-state index in [0.717, 1.165) is 16.3 Å². The molecule has 1 fully saturated rings. The van der Waals surface area contributed by atoms with Crippen molar-refractivity contribution >= 4 is 34.3 Å². The third kappa shape index (κ3) is 3.29. The normalized spacial score (nSPS) is 19.1. The van der Waals surface area contributed by atoms with Crippen molar-refractivity contribution in [2.24, 2.45) is 0 Å². The van der Waals surface area contributed by atoms with Crippen molar-refractivity contribution in [3.8, 4) is 5.75 Å². The van der Waals surface area contributed by atoms with E-state index in [1.807, 2.05) is 42.5 Å². The van der Waals surface area contributed by atoms with Gasteiger partial charge in [0.1, 0.15) is 17.9 Å². The maximum absolute atomic E-state index is 13.0. The number of urea groups is 1. The number of ether oxygens (including phenoxy) is 1. The second kappa shape index (κ2) is 7.17. The van der Waals surface area contributed by atoms with E-state index in [0.29, 0.717) is 10.8 Å². The SMILES string of the molecule is C[C@@]1(c2ccc3ccccc3c2)NC(=O)N(CCOc2cccc(Cl)c2)C1=O. The van der Waals surface area contributed by atoms with Gasteiger partial charge in [0.2, 0.25) is 0 Å². The van der Waals surface area contributed by atoms with Gasteiger partial charge in [0.05, 0.1) is 6.54 Å². The van der Waals surface area contributed by atoms with E-state index in [1.54, 1.807) is 31.2 Å². The summed E-state index contributed by atoms with van der Waals surface area (Å²) in [7, 11) is 0. The first-order valence-electron chi connectivity index (χ1n) is 8.99. The molecule has 28 heavy (non-hydrogen) atoms. The highest BCUT2D eigenvalue weighted by molar-refractivity contribution is 6.30. The maximum Gasteiger partial charge on any atom is 0.325 e. The maximum atomic E-state index is 13.0. The van der Waals surface area contributed by atoms with Crippen LogP contribution < -0.4 is 10.1 Å². The number of halogens is 1. The lowest BCUT2D eigenvalue weighted by atomic mass is 9.90. The molecule has 6 heteroatoms. The average molecular weight is 395 g/mol. The van der Waals surface area contributed by atoms with E-state index >= 15 is 0 Å². The van der Waals surface area contributed by atoms with E-state index in [4.69, 9.17) is 16.3 Å². The second-order valence-electron chi connectivity index (χ2n) is 6.88. The van der Waals surface area contributed by atoms with Gasteiger partial charge in [0.25, 0.3) is 5.91 Å². The molecule has 142 valence electrons. The highest BCUT2D eigenvalue weighted by atomic mass is 35.5. The van der Waals surface area contributed by atoms with Gasteiger partial charge in [-0.15, -0.1) is 0 Å². The Morgan fingerprint density at radius 3 is 2.57 bits per heavy atom. The predicted octanol–water partition coefficient (Wildman–Crippen LogP) is 4.34. The van der Waals surface area contributed by atoms with Crippen LogP contribution in [0.3, 0.4) is 0 Å². The zero-order valence-corrected chi connectivity index (χ0v) is 16.1. The molecule has 1 saturated heterocycles. The number of imide groups is 1. The van der Waals surface area contributed by atoms with Crippen molar-refractivity contribution in [1.29, 1.82) is 0 Å². The third-order valence-electron chi connectivity index (χ3n) is 4.98.